The first-order chi connectivity index (χ1) is 11.7. The van der Waals surface area contributed by atoms with Gasteiger partial charge in [0.1, 0.15) is 0 Å². The van der Waals surface area contributed by atoms with Gasteiger partial charge in [0.05, 0.1) is 19.8 Å². The van der Waals surface area contributed by atoms with Crippen LogP contribution in [0.5, 0.6) is 0 Å². The average Bonchev–Trinajstić information content (AvgIpc) is 2.59. The fraction of sp³-hybridized carbons (Fsp3) is 1.00. The van der Waals surface area contributed by atoms with Crippen LogP contribution in [0.2, 0.25) is 0 Å². The highest BCUT2D eigenvalue weighted by molar-refractivity contribution is 4.74. The van der Waals surface area contributed by atoms with Gasteiger partial charge in [-0.3, -0.25) is 19.6 Å². The Hall–Kier alpha value is -0.320. The van der Waals surface area contributed by atoms with Crippen LogP contribution in [0.25, 0.3) is 0 Å². The summed E-state index contributed by atoms with van der Waals surface area (Å²) in [5.41, 5.74) is 5.61. The Morgan fingerprint density at radius 3 is 1.33 bits per heavy atom. The quantitative estimate of drug-likeness (QED) is 0.266. The third-order valence-electron chi connectivity index (χ3n) is 4.62. The van der Waals surface area contributed by atoms with Crippen molar-refractivity contribution in [3.05, 3.63) is 0 Å². The number of aliphatic hydroxyl groups excluding tert-OH is 3. The first kappa shape index (κ1) is 21.7. The number of nitrogens with zero attached hydrogens (tertiary/aromatic N) is 4. The molecule has 24 heavy (non-hydrogen) atoms. The van der Waals surface area contributed by atoms with E-state index in [-0.39, 0.29) is 19.8 Å². The van der Waals surface area contributed by atoms with E-state index in [1.807, 2.05) is 0 Å². The molecule has 1 heterocycles. The van der Waals surface area contributed by atoms with Crippen LogP contribution < -0.4 is 5.73 Å². The van der Waals surface area contributed by atoms with E-state index in [1.165, 1.54) is 0 Å². The van der Waals surface area contributed by atoms with Crippen LogP contribution in [0.3, 0.4) is 0 Å². The molecule has 0 unspecified atom stereocenters. The van der Waals surface area contributed by atoms with Crippen molar-refractivity contribution < 1.29 is 15.3 Å². The molecule has 0 spiro atoms. The van der Waals surface area contributed by atoms with Crippen LogP contribution in [0.1, 0.15) is 0 Å². The summed E-state index contributed by atoms with van der Waals surface area (Å²) in [4.78, 5) is 9.24. The van der Waals surface area contributed by atoms with Crippen LogP contribution in [-0.4, -0.2) is 140 Å². The first-order valence-corrected chi connectivity index (χ1v) is 9.15. The third-order valence-corrected chi connectivity index (χ3v) is 4.62. The lowest BCUT2D eigenvalue weighted by atomic mass is 10.3. The largest absolute Gasteiger partial charge is 0.395 e. The number of piperazine rings is 1. The van der Waals surface area contributed by atoms with Crippen molar-refractivity contribution in [2.75, 3.05) is 105 Å². The highest BCUT2D eigenvalue weighted by Gasteiger charge is 2.18. The van der Waals surface area contributed by atoms with Gasteiger partial charge in [0.2, 0.25) is 0 Å². The second-order valence-corrected chi connectivity index (χ2v) is 6.33. The van der Waals surface area contributed by atoms with Gasteiger partial charge in [-0.25, -0.2) is 0 Å². The van der Waals surface area contributed by atoms with Crippen LogP contribution in [0.4, 0.5) is 0 Å². The summed E-state index contributed by atoms with van der Waals surface area (Å²) < 4.78 is 0. The minimum atomic E-state index is 0.140. The number of hydrogen-bond acceptors (Lipinski definition) is 8. The summed E-state index contributed by atoms with van der Waals surface area (Å²) in [6.45, 7) is 12.0. The van der Waals surface area contributed by atoms with Crippen molar-refractivity contribution in [1.82, 2.24) is 19.6 Å². The minimum Gasteiger partial charge on any atom is -0.395 e. The number of rotatable bonds is 14. The van der Waals surface area contributed by atoms with Gasteiger partial charge in [-0.05, 0) is 0 Å². The zero-order valence-corrected chi connectivity index (χ0v) is 15.0. The Bertz CT molecular complexity index is 251. The number of hydrogen-bond donors (Lipinski definition) is 4. The molecule has 0 radical (unpaired) electrons. The zero-order chi connectivity index (χ0) is 17.6. The Morgan fingerprint density at radius 1 is 0.625 bits per heavy atom. The molecule has 0 bridgehead atoms. The smallest absolute Gasteiger partial charge is 0.0558 e. The van der Waals surface area contributed by atoms with Crippen molar-refractivity contribution in [3.8, 4) is 0 Å². The lowest BCUT2D eigenvalue weighted by Crippen LogP contribution is -2.50. The monoisotopic (exact) mass is 347 g/mol. The molecule has 144 valence electrons. The molecule has 0 aromatic rings. The first-order valence-electron chi connectivity index (χ1n) is 9.15. The molecule has 0 atom stereocenters. The van der Waals surface area contributed by atoms with Crippen LogP contribution in [0.15, 0.2) is 0 Å². The average molecular weight is 348 g/mol. The van der Waals surface area contributed by atoms with Gasteiger partial charge >= 0.3 is 0 Å². The standard InChI is InChI=1S/C16H37N5O3/c17-1-2-18(11-14-22)3-4-19-5-7-20(8-6-19)9-10-21(12-15-23)13-16-24/h22-24H,1-17H2. The van der Waals surface area contributed by atoms with Crippen LogP contribution in [0, 0.1) is 0 Å². The molecule has 8 nitrogen and oxygen atoms in total. The summed E-state index contributed by atoms with van der Waals surface area (Å²) >= 11 is 0. The normalized spacial score (nSPS) is 17.2. The van der Waals surface area contributed by atoms with Crippen molar-refractivity contribution in [1.29, 1.82) is 0 Å². The van der Waals surface area contributed by atoms with E-state index in [9.17, 15) is 0 Å². The molecule has 1 aliphatic heterocycles. The van der Waals surface area contributed by atoms with Crippen molar-refractivity contribution in [3.63, 3.8) is 0 Å². The molecular weight excluding hydrogens is 310 g/mol. The molecule has 1 fully saturated rings. The predicted octanol–water partition coefficient (Wildman–Crippen LogP) is -2.86. The summed E-state index contributed by atoms with van der Waals surface area (Å²) in [6.07, 6.45) is 0. The second kappa shape index (κ2) is 13.9. The molecule has 0 aliphatic carbocycles. The summed E-state index contributed by atoms with van der Waals surface area (Å²) in [6, 6.07) is 0. The Kier molecular flexibility index (Phi) is 12.6. The molecule has 1 rings (SSSR count). The zero-order valence-electron chi connectivity index (χ0n) is 15.0. The molecular formula is C16H37N5O3. The maximum Gasteiger partial charge on any atom is 0.0558 e. The SMILES string of the molecule is NCCN(CCO)CCN1CCN(CCN(CCO)CCO)CC1. The highest BCUT2D eigenvalue weighted by Crippen LogP contribution is 2.02. The lowest BCUT2D eigenvalue weighted by Gasteiger charge is -2.36. The number of aliphatic hydroxyl groups is 3. The van der Waals surface area contributed by atoms with E-state index < -0.39 is 0 Å². The van der Waals surface area contributed by atoms with Crippen LogP contribution in [-0.2, 0) is 0 Å². The van der Waals surface area contributed by atoms with Gasteiger partial charge in [0, 0.05) is 85.1 Å². The van der Waals surface area contributed by atoms with Crippen LogP contribution >= 0.6 is 0 Å². The minimum absolute atomic E-state index is 0.140. The Morgan fingerprint density at radius 2 is 1.00 bits per heavy atom. The fourth-order valence-corrected chi connectivity index (χ4v) is 3.08. The van der Waals surface area contributed by atoms with Gasteiger partial charge in [-0.15, -0.1) is 0 Å². The van der Waals surface area contributed by atoms with Gasteiger partial charge in [-0.2, -0.15) is 0 Å². The van der Waals surface area contributed by atoms with E-state index in [0.29, 0.717) is 26.2 Å². The van der Waals surface area contributed by atoms with E-state index in [1.54, 1.807) is 0 Å². The topological polar surface area (TPSA) is 99.7 Å². The molecule has 0 saturated carbocycles. The summed E-state index contributed by atoms with van der Waals surface area (Å²) in [5, 5.41) is 27.2. The molecule has 1 aliphatic rings. The third kappa shape index (κ3) is 9.24. The predicted molar refractivity (Wildman–Crippen MR) is 96.1 cm³/mol. The van der Waals surface area contributed by atoms with E-state index in [0.717, 1.165) is 58.9 Å². The van der Waals surface area contributed by atoms with Gasteiger partial charge in [0.25, 0.3) is 0 Å². The second-order valence-electron chi connectivity index (χ2n) is 6.33. The maximum atomic E-state index is 9.08. The van der Waals surface area contributed by atoms with Gasteiger partial charge in [-0.1, -0.05) is 0 Å². The molecule has 8 heteroatoms. The molecule has 0 aromatic heterocycles. The van der Waals surface area contributed by atoms with E-state index >= 15 is 0 Å². The number of nitrogens with two attached hydrogens (primary N) is 1. The summed E-state index contributed by atoms with van der Waals surface area (Å²) in [5.74, 6) is 0. The molecule has 0 aromatic carbocycles. The fourth-order valence-electron chi connectivity index (χ4n) is 3.08. The van der Waals surface area contributed by atoms with Crippen molar-refractivity contribution in [2.24, 2.45) is 5.73 Å². The van der Waals surface area contributed by atoms with Gasteiger partial charge in [0.15, 0.2) is 0 Å². The van der Waals surface area contributed by atoms with Crippen molar-refractivity contribution >= 4 is 0 Å². The lowest BCUT2D eigenvalue weighted by molar-refractivity contribution is 0.0963. The summed E-state index contributed by atoms with van der Waals surface area (Å²) in [7, 11) is 0. The Balaban J connectivity index is 2.18. The van der Waals surface area contributed by atoms with Gasteiger partial charge < -0.3 is 21.1 Å². The maximum absolute atomic E-state index is 9.08. The molecule has 1 saturated heterocycles. The van der Waals surface area contributed by atoms with E-state index in [2.05, 4.69) is 19.6 Å². The highest BCUT2D eigenvalue weighted by atomic mass is 16.3. The van der Waals surface area contributed by atoms with E-state index in [4.69, 9.17) is 21.1 Å². The molecule has 5 N–H and O–H groups in total. The Labute approximate surface area is 146 Å². The molecule has 0 amide bonds. The van der Waals surface area contributed by atoms with Crippen molar-refractivity contribution in [2.45, 2.75) is 0 Å².